The van der Waals surface area contributed by atoms with Gasteiger partial charge in [0.2, 0.25) is 0 Å². The molecule has 5 aromatic carbocycles. The molecule has 0 saturated carbocycles. The van der Waals surface area contributed by atoms with Crippen molar-refractivity contribution in [1.29, 1.82) is 0 Å². The molecule has 0 bridgehead atoms. The molecule has 0 unspecified atom stereocenters. The Labute approximate surface area is 263 Å². The van der Waals surface area contributed by atoms with Gasteiger partial charge in [0.15, 0.2) is 0 Å². The minimum atomic E-state index is -0.419. The van der Waals surface area contributed by atoms with Crippen LogP contribution in [0.3, 0.4) is 0 Å². The topological polar surface area (TPSA) is 71.1 Å². The van der Waals surface area contributed by atoms with Crippen molar-refractivity contribution >= 4 is 33.5 Å². The smallest absolute Gasteiger partial charge is 0.333 e. The molecule has 228 valence electrons. The lowest BCUT2D eigenvalue weighted by Crippen LogP contribution is -2.12. The molecule has 0 spiro atoms. The van der Waals surface area contributed by atoms with E-state index in [9.17, 15) is 9.59 Å². The van der Waals surface area contributed by atoms with E-state index in [-0.39, 0.29) is 26.4 Å². The second-order valence-electron chi connectivity index (χ2n) is 10.8. The number of esters is 2. The van der Waals surface area contributed by atoms with Crippen LogP contribution in [0.1, 0.15) is 25.0 Å². The average molecular weight is 601 g/mol. The second kappa shape index (κ2) is 14.4. The number of benzene rings is 5. The zero-order chi connectivity index (χ0) is 31.8. The third-order valence-corrected chi connectivity index (χ3v) is 7.36. The van der Waals surface area contributed by atoms with Crippen molar-refractivity contribution in [3.63, 3.8) is 0 Å². The van der Waals surface area contributed by atoms with Gasteiger partial charge in [-0.25, -0.2) is 9.59 Å². The minimum Gasteiger partial charge on any atom is -0.490 e. The Hall–Kier alpha value is -5.36. The van der Waals surface area contributed by atoms with E-state index in [2.05, 4.69) is 86.0 Å². The van der Waals surface area contributed by atoms with Crippen LogP contribution in [0.2, 0.25) is 0 Å². The third kappa shape index (κ3) is 7.60. The van der Waals surface area contributed by atoms with Crippen LogP contribution >= 0.6 is 0 Å². The number of hydrogen-bond acceptors (Lipinski definition) is 6. The van der Waals surface area contributed by atoms with Crippen LogP contribution in [0.5, 0.6) is 11.5 Å². The summed E-state index contributed by atoms with van der Waals surface area (Å²) in [7, 11) is 0. The van der Waals surface area contributed by atoms with Crippen LogP contribution in [0.25, 0.3) is 32.7 Å². The molecule has 45 heavy (non-hydrogen) atoms. The van der Waals surface area contributed by atoms with Gasteiger partial charge in [0, 0.05) is 11.1 Å². The number of hydrogen-bond donors (Lipinski definition) is 0. The Bertz CT molecular complexity index is 1790. The molecule has 0 saturated heterocycles. The van der Waals surface area contributed by atoms with Gasteiger partial charge in [-0.1, -0.05) is 86.0 Å². The van der Waals surface area contributed by atoms with Gasteiger partial charge < -0.3 is 18.9 Å². The summed E-state index contributed by atoms with van der Waals surface area (Å²) < 4.78 is 21.8. The molecule has 0 aliphatic carbocycles. The van der Waals surface area contributed by atoms with Crippen LogP contribution in [-0.4, -0.2) is 38.4 Å². The fourth-order valence-corrected chi connectivity index (χ4v) is 5.18. The molecule has 0 atom stereocenters. The lowest BCUT2D eigenvalue weighted by molar-refractivity contribution is -0.140. The quantitative estimate of drug-likeness (QED) is 0.0587. The monoisotopic (exact) mass is 600 g/mol. The first kappa shape index (κ1) is 31.1. The van der Waals surface area contributed by atoms with E-state index in [1.165, 1.54) is 32.7 Å². The molecule has 0 fully saturated rings. The maximum Gasteiger partial charge on any atom is 0.333 e. The molecule has 0 aliphatic rings. The Morgan fingerprint density at radius 1 is 0.556 bits per heavy atom. The number of fused-ring (bicyclic) bond motifs is 2. The summed E-state index contributed by atoms with van der Waals surface area (Å²) in [6, 6.07) is 33.1. The first-order chi connectivity index (χ1) is 21.8. The highest BCUT2D eigenvalue weighted by atomic mass is 16.6. The molecule has 5 aromatic rings. The van der Waals surface area contributed by atoms with E-state index >= 15 is 0 Å². The van der Waals surface area contributed by atoms with Crippen LogP contribution in [0.15, 0.2) is 121 Å². The zero-order valence-electron chi connectivity index (χ0n) is 25.6. The molecule has 5 rings (SSSR count). The summed E-state index contributed by atoms with van der Waals surface area (Å²) >= 11 is 0. The lowest BCUT2D eigenvalue weighted by Gasteiger charge is -2.18. The Kier molecular flexibility index (Phi) is 9.95. The number of ether oxygens (including phenoxy) is 4. The highest BCUT2D eigenvalue weighted by Gasteiger charge is 2.16. The summed E-state index contributed by atoms with van der Waals surface area (Å²) in [5.74, 6) is 0.588. The molecular formula is C39H36O6. The van der Waals surface area contributed by atoms with Crippen LogP contribution in [-0.2, 0) is 25.5 Å². The SMILES string of the molecule is C=C(C)C(=O)OCCOc1ccc(Cc2c3ccccc3c(-c3ccc(OCCOC(=O)C(=C)C)cc3)c3ccccc23)cc1. The van der Waals surface area contributed by atoms with Gasteiger partial charge in [0.25, 0.3) is 0 Å². The van der Waals surface area contributed by atoms with Gasteiger partial charge in [-0.15, -0.1) is 0 Å². The van der Waals surface area contributed by atoms with Crippen molar-refractivity contribution in [1.82, 2.24) is 0 Å². The summed E-state index contributed by atoms with van der Waals surface area (Å²) in [4.78, 5) is 23.1. The molecule has 0 amide bonds. The predicted molar refractivity (Wildman–Crippen MR) is 179 cm³/mol. The van der Waals surface area contributed by atoms with E-state index in [1.54, 1.807) is 13.8 Å². The highest BCUT2D eigenvalue weighted by Crippen LogP contribution is 2.40. The van der Waals surface area contributed by atoms with E-state index in [0.29, 0.717) is 16.9 Å². The van der Waals surface area contributed by atoms with E-state index < -0.39 is 11.9 Å². The molecule has 0 radical (unpaired) electrons. The standard InChI is InChI=1S/C39H36O6/c1-26(2)38(40)44-23-21-42-30-17-13-28(14-18-30)25-36-32-9-5-7-11-34(32)37(35-12-8-6-10-33(35)36)29-15-19-31(20-16-29)43-22-24-45-39(41)27(3)4/h5-20H,1,3,21-25H2,2,4H3. The van der Waals surface area contributed by atoms with Crippen LogP contribution in [0.4, 0.5) is 0 Å². The van der Waals surface area contributed by atoms with Crippen LogP contribution in [0, 0.1) is 0 Å². The van der Waals surface area contributed by atoms with Crippen molar-refractivity contribution < 1.29 is 28.5 Å². The first-order valence-corrected chi connectivity index (χ1v) is 14.8. The van der Waals surface area contributed by atoms with E-state index in [1.807, 2.05) is 24.3 Å². The maximum absolute atomic E-state index is 11.6. The Morgan fingerprint density at radius 2 is 0.978 bits per heavy atom. The first-order valence-electron chi connectivity index (χ1n) is 14.8. The third-order valence-electron chi connectivity index (χ3n) is 7.36. The maximum atomic E-state index is 11.6. The highest BCUT2D eigenvalue weighted by molar-refractivity contribution is 6.15. The Balaban J connectivity index is 1.37. The summed E-state index contributed by atoms with van der Waals surface area (Å²) in [6.07, 6.45) is 0.751. The molecule has 0 aromatic heterocycles. The molecule has 0 heterocycles. The molecule has 6 heteroatoms. The van der Waals surface area contributed by atoms with Crippen molar-refractivity contribution in [2.75, 3.05) is 26.4 Å². The van der Waals surface area contributed by atoms with Gasteiger partial charge in [-0.05, 0) is 88.3 Å². The summed E-state index contributed by atoms with van der Waals surface area (Å²) in [5.41, 5.74) is 5.41. The van der Waals surface area contributed by atoms with Gasteiger partial charge in [-0.2, -0.15) is 0 Å². The zero-order valence-corrected chi connectivity index (χ0v) is 25.6. The second-order valence-corrected chi connectivity index (χ2v) is 10.8. The molecular weight excluding hydrogens is 564 g/mol. The fourth-order valence-electron chi connectivity index (χ4n) is 5.18. The van der Waals surface area contributed by atoms with Crippen molar-refractivity contribution in [3.05, 3.63) is 132 Å². The number of carbonyl (C=O) groups excluding carboxylic acids is 2. The van der Waals surface area contributed by atoms with E-state index in [0.717, 1.165) is 23.3 Å². The Morgan fingerprint density at radius 3 is 1.42 bits per heavy atom. The van der Waals surface area contributed by atoms with Crippen molar-refractivity contribution in [3.8, 4) is 22.6 Å². The van der Waals surface area contributed by atoms with Gasteiger partial charge in [0.05, 0.1) is 0 Å². The largest absolute Gasteiger partial charge is 0.490 e. The number of carbonyl (C=O) groups is 2. The van der Waals surface area contributed by atoms with E-state index in [4.69, 9.17) is 18.9 Å². The predicted octanol–water partition coefficient (Wildman–Crippen LogP) is 8.25. The van der Waals surface area contributed by atoms with Gasteiger partial charge in [-0.3, -0.25) is 0 Å². The lowest BCUT2D eigenvalue weighted by atomic mass is 9.86. The van der Waals surface area contributed by atoms with Crippen LogP contribution < -0.4 is 9.47 Å². The fraction of sp³-hybridized carbons (Fsp3) is 0.179. The average Bonchev–Trinajstić information content (AvgIpc) is 3.05. The molecule has 0 aliphatic heterocycles. The molecule has 0 N–H and O–H groups in total. The van der Waals surface area contributed by atoms with Gasteiger partial charge >= 0.3 is 11.9 Å². The normalized spacial score (nSPS) is 10.8. The summed E-state index contributed by atoms with van der Waals surface area (Å²) in [6.45, 7) is 11.3. The number of rotatable bonds is 13. The van der Waals surface area contributed by atoms with Crippen molar-refractivity contribution in [2.45, 2.75) is 20.3 Å². The summed E-state index contributed by atoms with van der Waals surface area (Å²) in [5, 5.41) is 4.75. The minimum absolute atomic E-state index is 0.160. The van der Waals surface area contributed by atoms with Crippen molar-refractivity contribution in [2.24, 2.45) is 0 Å². The molecule has 6 nitrogen and oxygen atoms in total. The van der Waals surface area contributed by atoms with Gasteiger partial charge in [0.1, 0.15) is 37.9 Å².